The summed E-state index contributed by atoms with van der Waals surface area (Å²) in [5, 5.41) is 1.09. The lowest BCUT2D eigenvalue weighted by Crippen LogP contribution is -2.27. The van der Waals surface area contributed by atoms with Crippen molar-refractivity contribution in [3.8, 4) is 5.75 Å². The van der Waals surface area contributed by atoms with Crippen LogP contribution in [0.15, 0.2) is 12.1 Å². The second-order valence-corrected chi connectivity index (χ2v) is 5.93. The highest BCUT2D eigenvalue weighted by molar-refractivity contribution is 6.42. The van der Waals surface area contributed by atoms with Crippen molar-refractivity contribution in [3.63, 3.8) is 0 Å². The number of ether oxygens (including phenoxy) is 1. The van der Waals surface area contributed by atoms with E-state index in [1.807, 2.05) is 11.0 Å². The lowest BCUT2D eigenvalue weighted by atomic mass is 9.94. The number of benzene rings is 1. The van der Waals surface area contributed by atoms with E-state index in [1.54, 1.807) is 13.2 Å². The summed E-state index contributed by atoms with van der Waals surface area (Å²) in [5.41, 5.74) is 0.943. The third kappa shape index (κ3) is 2.09. The summed E-state index contributed by atoms with van der Waals surface area (Å²) in [6.07, 6.45) is 2.58. The van der Waals surface area contributed by atoms with Crippen LogP contribution in [0.4, 0.5) is 0 Å². The molecule has 0 aliphatic carbocycles. The molecule has 102 valence electrons. The van der Waals surface area contributed by atoms with Crippen molar-refractivity contribution in [2.75, 3.05) is 13.7 Å². The molecule has 1 aromatic carbocycles. The number of carbonyl (C=O) groups excluding carboxylic acids is 1. The van der Waals surface area contributed by atoms with E-state index in [4.69, 9.17) is 27.9 Å². The van der Waals surface area contributed by atoms with Crippen LogP contribution in [0, 0.1) is 0 Å². The minimum atomic E-state index is 0.218. The predicted molar refractivity (Wildman–Crippen MR) is 75.1 cm³/mol. The van der Waals surface area contributed by atoms with Crippen molar-refractivity contribution >= 4 is 29.1 Å². The van der Waals surface area contributed by atoms with E-state index >= 15 is 0 Å². The maximum atomic E-state index is 11.8. The Labute approximate surface area is 122 Å². The molecule has 2 heterocycles. The quantitative estimate of drug-likeness (QED) is 0.837. The van der Waals surface area contributed by atoms with E-state index in [2.05, 4.69) is 0 Å². The summed E-state index contributed by atoms with van der Waals surface area (Å²) in [6, 6.07) is 3.94. The largest absolute Gasteiger partial charge is 0.496 e. The van der Waals surface area contributed by atoms with Crippen LogP contribution < -0.4 is 4.74 Å². The van der Waals surface area contributed by atoms with Gasteiger partial charge < -0.3 is 9.64 Å². The molecule has 5 heteroatoms. The molecule has 0 spiro atoms. The van der Waals surface area contributed by atoms with E-state index in [9.17, 15) is 4.79 Å². The van der Waals surface area contributed by atoms with Crippen LogP contribution in [0.5, 0.6) is 5.75 Å². The van der Waals surface area contributed by atoms with E-state index in [-0.39, 0.29) is 11.8 Å². The number of amides is 1. The number of rotatable bonds is 2. The first kappa shape index (κ1) is 13.1. The Balaban J connectivity index is 1.95. The SMILES string of the molecule is COc1ccc(Cl)c(Cl)c1[C@H]1C[C@H]2CCC(=O)N2C1. The molecule has 1 aromatic rings. The van der Waals surface area contributed by atoms with Crippen molar-refractivity contribution in [1.29, 1.82) is 0 Å². The van der Waals surface area contributed by atoms with Crippen molar-refractivity contribution in [3.05, 3.63) is 27.7 Å². The van der Waals surface area contributed by atoms with Gasteiger partial charge in [-0.2, -0.15) is 0 Å². The van der Waals surface area contributed by atoms with Crippen LogP contribution in [0.1, 0.15) is 30.7 Å². The minimum Gasteiger partial charge on any atom is -0.496 e. The van der Waals surface area contributed by atoms with Gasteiger partial charge in [-0.1, -0.05) is 23.2 Å². The lowest BCUT2D eigenvalue weighted by molar-refractivity contribution is -0.127. The van der Waals surface area contributed by atoms with Gasteiger partial charge in [0.15, 0.2) is 0 Å². The normalized spacial score (nSPS) is 25.8. The van der Waals surface area contributed by atoms with Crippen LogP contribution in [0.2, 0.25) is 10.0 Å². The average molecular weight is 300 g/mol. The first-order valence-electron chi connectivity index (χ1n) is 6.43. The fourth-order valence-electron chi connectivity index (χ4n) is 3.25. The molecular formula is C14H15Cl2NO2. The average Bonchev–Trinajstić information content (AvgIpc) is 2.95. The maximum absolute atomic E-state index is 11.8. The highest BCUT2D eigenvalue weighted by Gasteiger charge is 2.41. The van der Waals surface area contributed by atoms with Crippen molar-refractivity contribution < 1.29 is 9.53 Å². The molecule has 19 heavy (non-hydrogen) atoms. The molecule has 3 rings (SSSR count). The van der Waals surface area contributed by atoms with Gasteiger partial charge in [0.1, 0.15) is 5.75 Å². The first-order chi connectivity index (χ1) is 9.11. The number of nitrogens with zero attached hydrogens (tertiary/aromatic N) is 1. The molecule has 2 saturated heterocycles. The van der Waals surface area contributed by atoms with Gasteiger partial charge in [0.25, 0.3) is 0 Å². The fraction of sp³-hybridized carbons (Fsp3) is 0.500. The Kier molecular flexibility index (Phi) is 3.35. The molecule has 2 aliphatic rings. The van der Waals surface area contributed by atoms with Crippen LogP contribution in [0.25, 0.3) is 0 Å². The lowest BCUT2D eigenvalue weighted by Gasteiger charge is -2.18. The van der Waals surface area contributed by atoms with Gasteiger partial charge in [0.05, 0.1) is 17.2 Å². The number of hydrogen-bond donors (Lipinski definition) is 0. The zero-order chi connectivity index (χ0) is 13.6. The Morgan fingerprint density at radius 2 is 2.16 bits per heavy atom. The molecule has 0 aromatic heterocycles. The van der Waals surface area contributed by atoms with Gasteiger partial charge in [-0.25, -0.2) is 0 Å². The zero-order valence-electron chi connectivity index (χ0n) is 10.7. The van der Waals surface area contributed by atoms with Crippen LogP contribution in [-0.4, -0.2) is 30.5 Å². The molecule has 0 unspecified atom stereocenters. The first-order valence-corrected chi connectivity index (χ1v) is 7.18. The van der Waals surface area contributed by atoms with Crippen LogP contribution >= 0.6 is 23.2 Å². The minimum absolute atomic E-state index is 0.218. The molecule has 0 N–H and O–H groups in total. The molecule has 3 nitrogen and oxygen atoms in total. The summed E-state index contributed by atoms with van der Waals surface area (Å²) in [7, 11) is 1.63. The fourth-order valence-corrected chi connectivity index (χ4v) is 3.72. The van der Waals surface area contributed by atoms with Gasteiger partial charge in [-0.05, 0) is 25.0 Å². The molecular weight excluding hydrogens is 285 g/mol. The third-order valence-electron chi connectivity index (χ3n) is 4.15. The highest BCUT2D eigenvalue weighted by Crippen LogP contribution is 2.45. The number of carbonyl (C=O) groups is 1. The number of hydrogen-bond acceptors (Lipinski definition) is 2. The summed E-state index contributed by atoms with van der Waals surface area (Å²) < 4.78 is 5.40. The van der Waals surface area contributed by atoms with Crippen LogP contribution in [0.3, 0.4) is 0 Å². The maximum Gasteiger partial charge on any atom is 0.222 e. The summed E-state index contributed by atoms with van der Waals surface area (Å²) in [5.74, 6) is 1.23. The second-order valence-electron chi connectivity index (χ2n) is 5.15. The van der Waals surface area contributed by atoms with Gasteiger partial charge >= 0.3 is 0 Å². The molecule has 2 atom stereocenters. The van der Waals surface area contributed by atoms with Gasteiger partial charge in [0, 0.05) is 30.5 Å². The van der Waals surface area contributed by atoms with E-state index in [1.165, 1.54) is 0 Å². The van der Waals surface area contributed by atoms with Crippen molar-refractivity contribution in [2.24, 2.45) is 0 Å². The molecule has 0 bridgehead atoms. The second kappa shape index (κ2) is 4.88. The van der Waals surface area contributed by atoms with E-state index in [0.29, 0.717) is 22.5 Å². The van der Waals surface area contributed by atoms with Gasteiger partial charge in [0.2, 0.25) is 5.91 Å². The standard InChI is InChI=1S/C14H15Cl2NO2/c1-19-11-4-3-10(15)14(16)13(11)8-6-9-2-5-12(18)17(9)7-8/h3-4,8-9H,2,5-7H2,1H3/t8-,9+/m0/s1. The zero-order valence-corrected chi connectivity index (χ0v) is 12.2. The molecule has 1 amide bonds. The number of fused-ring (bicyclic) bond motifs is 1. The third-order valence-corrected chi connectivity index (χ3v) is 4.97. The summed E-state index contributed by atoms with van der Waals surface area (Å²) in [6.45, 7) is 0.722. The number of halogens is 2. The highest BCUT2D eigenvalue weighted by atomic mass is 35.5. The van der Waals surface area contributed by atoms with E-state index < -0.39 is 0 Å². The van der Waals surface area contributed by atoms with Crippen molar-refractivity contribution in [2.45, 2.75) is 31.2 Å². The smallest absolute Gasteiger partial charge is 0.222 e. The number of methoxy groups -OCH3 is 1. The van der Waals surface area contributed by atoms with E-state index in [0.717, 1.165) is 30.7 Å². The molecule has 2 aliphatic heterocycles. The Hall–Kier alpha value is -0.930. The Bertz CT molecular complexity index is 532. The molecule has 0 radical (unpaired) electrons. The van der Waals surface area contributed by atoms with Crippen molar-refractivity contribution in [1.82, 2.24) is 4.90 Å². The Morgan fingerprint density at radius 1 is 1.37 bits per heavy atom. The van der Waals surface area contributed by atoms with Crippen LogP contribution in [-0.2, 0) is 4.79 Å². The summed E-state index contributed by atoms with van der Waals surface area (Å²) >= 11 is 12.4. The Morgan fingerprint density at radius 3 is 2.84 bits per heavy atom. The van der Waals surface area contributed by atoms with Gasteiger partial charge in [-0.3, -0.25) is 4.79 Å². The summed E-state index contributed by atoms with van der Waals surface area (Å²) in [4.78, 5) is 13.7. The molecule has 0 saturated carbocycles. The topological polar surface area (TPSA) is 29.5 Å². The predicted octanol–water partition coefficient (Wildman–Crippen LogP) is 3.48. The van der Waals surface area contributed by atoms with Gasteiger partial charge in [-0.15, -0.1) is 0 Å². The monoisotopic (exact) mass is 299 g/mol. The molecule has 2 fully saturated rings.